The van der Waals surface area contributed by atoms with Crippen LogP contribution in [-0.2, 0) is 4.74 Å². The molecule has 1 fully saturated rings. The SMILES string of the molecule is O=C(Nc1nc(=O)n([C@H]2C[C@H](O)[C@@H](CO)O2)cc1F)c1ccc(Cl)c(Cl)c1. The second kappa shape index (κ2) is 7.91. The zero-order valence-corrected chi connectivity index (χ0v) is 15.1. The summed E-state index contributed by atoms with van der Waals surface area (Å²) < 4.78 is 20.5. The molecule has 144 valence electrons. The van der Waals surface area contributed by atoms with Gasteiger partial charge in [0.2, 0.25) is 0 Å². The Labute approximate surface area is 162 Å². The molecule has 1 amide bonds. The fraction of sp³-hybridized carbons (Fsp3) is 0.312. The first kappa shape index (κ1) is 19.7. The average Bonchev–Trinajstić information content (AvgIpc) is 3.00. The van der Waals surface area contributed by atoms with Crippen molar-refractivity contribution < 1.29 is 24.1 Å². The van der Waals surface area contributed by atoms with Gasteiger partial charge >= 0.3 is 5.69 Å². The van der Waals surface area contributed by atoms with Crippen LogP contribution in [0.1, 0.15) is 23.0 Å². The Bertz CT molecular complexity index is 939. The summed E-state index contributed by atoms with van der Waals surface area (Å²) in [6.07, 6.45) is -2.05. The summed E-state index contributed by atoms with van der Waals surface area (Å²) in [7, 11) is 0. The van der Waals surface area contributed by atoms with Gasteiger partial charge in [-0.05, 0) is 18.2 Å². The van der Waals surface area contributed by atoms with E-state index in [1.54, 1.807) is 0 Å². The molecule has 27 heavy (non-hydrogen) atoms. The molecule has 0 saturated carbocycles. The van der Waals surface area contributed by atoms with E-state index >= 15 is 0 Å². The number of carbonyl (C=O) groups excluding carboxylic acids is 1. The van der Waals surface area contributed by atoms with Gasteiger partial charge in [-0.25, -0.2) is 9.18 Å². The topological polar surface area (TPSA) is 114 Å². The summed E-state index contributed by atoms with van der Waals surface area (Å²) in [5.41, 5.74) is -0.792. The monoisotopic (exact) mass is 417 g/mol. The first-order chi connectivity index (χ1) is 12.8. The Morgan fingerprint density at radius 1 is 1.41 bits per heavy atom. The van der Waals surface area contributed by atoms with Gasteiger partial charge in [-0.1, -0.05) is 23.2 Å². The summed E-state index contributed by atoms with van der Waals surface area (Å²) in [5, 5.41) is 21.4. The summed E-state index contributed by atoms with van der Waals surface area (Å²) in [6, 6.07) is 4.08. The van der Waals surface area contributed by atoms with E-state index in [0.29, 0.717) is 0 Å². The molecule has 2 heterocycles. The van der Waals surface area contributed by atoms with Crippen molar-refractivity contribution in [3.05, 3.63) is 56.3 Å². The fourth-order valence-corrected chi connectivity index (χ4v) is 2.90. The van der Waals surface area contributed by atoms with Gasteiger partial charge < -0.3 is 20.3 Å². The molecule has 3 rings (SSSR count). The number of hydrogen-bond acceptors (Lipinski definition) is 6. The zero-order valence-electron chi connectivity index (χ0n) is 13.6. The standard InChI is InChI=1S/C16H14Cl2FN3O5/c17-8-2-1-7(3-9(8)18)15(25)20-14-10(19)5-22(16(26)21-14)13-4-11(24)12(6-23)27-13/h1-3,5,11-13,23-24H,4,6H2,(H,20,21,25,26)/t11-,12+,13+/m0/s1. The minimum atomic E-state index is -0.996. The van der Waals surface area contributed by atoms with Gasteiger partial charge in [-0.15, -0.1) is 0 Å². The largest absolute Gasteiger partial charge is 0.394 e. The van der Waals surface area contributed by atoms with Crippen LogP contribution in [0.5, 0.6) is 0 Å². The van der Waals surface area contributed by atoms with Gasteiger partial charge in [-0.2, -0.15) is 4.98 Å². The number of amides is 1. The van der Waals surface area contributed by atoms with E-state index in [2.05, 4.69) is 10.3 Å². The van der Waals surface area contributed by atoms with Crippen molar-refractivity contribution in [3.63, 3.8) is 0 Å². The van der Waals surface area contributed by atoms with Crippen LogP contribution in [0.3, 0.4) is 0 Å². The third kappa shape index (κ3) is 4.12. The molecule has 8 nitrogen and oxygen atoms in total. The number of halogens is 3. The maximum absolute atomic E-state index is 14.3. The number of benzene rings is 1. The van der Waals surface area contributed by atoms with Crippen LogP contribution in [0.15, 0.2) is 29.2 Å². The van der Waals surface area contributed by atoms with Crippen molar-refractivity contribution in [1.29, 1.82) is 0 Å². The number of rotatable bonds is 4. The lowest BCUT2D eigenvalue weighted by Crippen LogP contribution is -2.30. The molecule has 3 N–H and O–H groups in total. The number of nitrogens with one attached hydrogen (secondary N) is 1. The molecule has 11 heteroatoms. The van der Waals surface area contributed by atoms with Gasteiger partial charge in [0.25, 0.3) is 5.91 Å². The quantitative estimate of drug-likeness (QED) is 0.695. The van der Waals surface area contributed by atoms with Gasteiger partial charge in [0.15, 0.2) is 11.6 Å². The number of aromatic nitrogens is 2. The van der Waals surface area contributed by atoms with E-state index in [1.807, 2.05) is 0 Å². The molecule has 1 saturated heterocycles. The highest BCUT2D eigenvalue weighted by Gasteiger charge is 2.35. The Morgan fingerprint density at radius 3 is 2.78 bits per heavy atom. The second-order valence-electron chi connectivity index (χ2n) is 5.83. The van der Waals surface area contributed by atoms with Crippen LogP contribution in [-0.4, -0.2) is 44.5 Å². The minimum Gasteiger partial charge on any atom is -0.394 e. The lowest BCUT2D eigenvalue weighted by atomic mass is 10.2. The van der Waals surface area contributed by atoms with Crippen molar-refractivity contribution >= 4 is 34.9 Å². The summed E-state index contributed by atoms with van der Waals surface area (Å²) in [5.74, 6) is -2.27. The first-order valence-corrected chi connectivity index (χ1v) is 8.55. The molecule has 0 radical (unpaired) electrons. The third-order valence-electron chi connectivity index (χ3n) is 4.02. The number of anilines is 1. The molecule has 0 spiro atoms. The van der Waals surface area contributed by atoms with Crippen LogP contribution in [0, 0.1) is 5.82 Å². The van der Waals surface area contributed by atoms with Crippen molar-refractivity contribution in [2.75, 3.05) is 11.9 Å². The number of aliphatic hydroxyl groups is 2. The van der Waals surface area contributed by atoms with Crippen LogP contribution in [0.2, 0.25) is 10.0 Å². The Balaban J connectivity index is 1.82. The fourth-order valence-electron chi connectivity index (χ4n) is 2.61. The van der Waals surface area contributed by atoms with Gasteiger partial charge in [-0.3, -0.25) is 9.36 Å². The Kier molecular flexibility index (Phi) is 5.78. The van der Waals surface area contributed by atoms with Crippen LogP contribution in [0.4, 0.5) is 10.2 Å². The first-order valence-electron chi connectivity index (χ1n) is 7.79. The predicted octanol–water partition coefficient (Wildman–Crippen LogP) is 1.58. The number of aliphatic hydroxyl groups excluding tert-OH is 2. The number of carbonyl (C=O) groups is 1. The zero-order chi connectivity index (χ0) is 19.7. The summed E-state index contributed by atoms with van der Waals surface area (Å²) in [4.78, 5) is 27.9. The molecule has 0 aliphatic carbocycles. The van der Waals surface area contributed by atoms with E-state index in [4.69, 9.17) is 33.0 Å². The molecule has 3 atom stereocenters. The van der Waals surface area contributed by atoms with Crippen molar-refractivity contribution in [2.24, 2.45) is 0 Å². The third-order valence-corrected chi connectivity index (χ3v) is 4.75. The molecule has 0 unspecified atom stereocenters. The smallest absolute Gasteiger partial charge is 0.351 e. The molecule has 0 bridgehead atoms. The lowest BCUT2D eigenvalue weighted by molar-refractivity contribution is -0.0461. The second-order valence-corrected chi connectivity index (χ2v) is 6.64. The van der Waals surface area contributed by atoms with Crippen molar-refractivity contribution in [1.82, 2.24) is 9.55 Å². The number of ether oxygens (including phenoxy) is 1. The summed E-state index contributed by atoms with van der Waals surface area (Å²) >= 11 is 11.6. The Hall–Kier alpha value is -2.04. The van der Waals surface area contributed by atoms with Crippen molar-refractivity contribution in [3.8, 4) is 0 Å². The number of nitrogens with zero attached hydrogens (tertiary/aromatic N) is 2. The normalized spacial score (nSPS) is 22.0. The van der Waals surface area contributed by atoms with Crippen LogP contribution < -0.4 is 11.0 Å². The minimum absolute atomic E-state index is 0.0127. The predicted molar refractivity (Wildman–Crippen MR) is 94.5 cm³/mol. The molecule has 2 aromatic rings. The lowest BCUT2D eigenvalue weighted by Gasteiger charge is -2.15. The molecular formula is C16H14Cl2FN3O5. The van der Waals surface area contributed by atoms with Crippen molar-refractivity contribution in [2.45, 2.75) is 24.9 Å². The highest BCUT2D eigenvalue weighted by molar-refractivity contribution is 6.42. The molecule has 1 aliphatic heterocycles. The Morgan fingerprint density at radius 2 is 2.15 bits per heavy atom. The maximum atomic E-state index is 14.3. The van der Waals surface area contributed by atoms with E-state index < -0.39 is 48.3 Å². The van der Waals surface area contributed by atoms with Gasteiger partial charge in [0, 0.05) is 12.0 Å². The highest BCUT2D eigenvalue weighted by atomic mass is 35.5. The van der Waals surface area contributed by atoms with E-state index in [0.717, 1.165) is 10.8 Å². The van der Waals surface area contributed by atoms with E-state index in [1.165, 1.54) is 18.2 Å². The van der Waals surface area contributed by atoms with Gasteiger partial charge in [0.05, 0.1) is 29.0 Å². The van der Waals surface area contributed by atoms with E-state index in [-0.39, 0.29) is 22.0 Å². The molecule has 1 aliphatic rings. The van der Waals surface area contributed by atoms with E-state index in [9.17, 15) is 19.1 Å². The molecule has 1 aromatic carbocycles. The van der Waals surface area contributed by atoms with Crippen LogP contribution in [0.25, 0.3) is 0 Å². The average molecular weight is 418 g/mol. The highest BCUT2D eigenvalue weighted by Crippen LogP contribution is 2.28. The molecule has 1 aromatic heterocycles. The van der Waals surface area contributed by atoms with Crippen LogP contribution >= 0.6 is 23.2 Å². The molecular weight excluding hydrogens is 404 g/mol. The van der Waals surface area contributed by atoms with Gasteiger partial charge in [0.1, 0.15) is 12.3 Å². The number of hydrogen-bond donors (Lipinski definition) is 3. The maximum Gasteiger partial charge on any atom is 0.351 e. The summed E-state index contributed by atoms with van der Waals surface area (Å²) in [6.45, 7) is -0.444.